The van der Waals surface area contributed by atoms with Crippen LogP contribution in [0.25, 0.3) is 0 Å². The van der Waals surface area contributed by atoms with Gasteiger partial charge in [-0.3, -0.25) is 4.99 Å². The molecule has 0 rings (SSSR count). The summed E-state index contributed by atoms with van der Waals surface area (Å²) < 4.78 is 0. The first-order valence-corrected chi connectivity index (χ1v) is 4.69. The molecule has 0 atom stereocenters. The molecule has 0 saturated carbocycles. The van der Waals surface area contributed by atoms with Gasteiger partial charge in [0, 0.05) is 6.54 Å². The first-order chi connectivity index (χ1) is 5.41. The lowest BCUT2D eigenvalue weighted by atomic mass is 10.2. The van der Waals surface area contributed by atoms with Crippen molar-refractivity contribution in [1.29, 1.82) is 0 Å². The minimum absolute atomic E-state index is 0.828. The largest absolute Gasteiger partial charge is 0.298 e. The second-order valence-corrected chi connectivity index (χ2v) is 2.79. The number of hydrogen-bond acceptors (Lipinski definition) is 1. The Kier molecular flexibility index (Phi) is 9.38. The highest BCUT2D eigenvalue weighted by Gasteiger charge is 1.85. The Balaban J connectivity index is 2.85. The Bertz CT molecular complexity index is 86.9. The van der Waals surface area contributed by atoms with E-state index in [4.69, 9.17) is 0 Å². The zero-order chi connectivity index (χ0) is 8.36. The molecular weight excluding hydrogens is 134 g/mol. The van der Waals surface area contributed by atoms with Gasteiger partial charge in [-0.1, -0.05) is 32.6 Å². The van der Waals surface area contributed by atoms with Crippen molar-refractivity contribution >= 4 is 6.21 Å². The topological polar surface area (TPSA) is 12.4 Å². The average molecular weight is 154 g/mol. The Labute approximate surface area is 70.9 Å². The molecule has 0 spiro atoms. The van der Waals surface area contributed by atoms with Crippen LogP contribution < -0.4 is 0 Å². The number of rotatable bonds is 7. The van der Waals surface area contributed by atoms with Crippen LogP contribution >= 0.6 is 0 Å². The molecule has 1 nitrogen and oxygen atoms in total. The van der Waals surface area contributed by atoms with Crippen LogP contribution in [0.3, 0.4) is 0 Å². The van der Waals surface area contributed by atoms with Crippen molar-refractivity contribution in [2.24, 2.45) is 4.99 Å². The van der Waals surface area contributed by atoms with E-state index in [0.717, 1.165) is 13.0 Å². The van der Waals surface area contributed by atoms with Crippen LogP contribution in [-0.2, 0) is 0 Å². The lowest BCUT2D eigenvalue weighted by molar-refractivity contribution is 0.639. The zero-order valence-corrected chi connectivity index (χ0v) is 7.68. The maximum Gasteiger partial charge on any atom is 0.0385 e. The normalized spacial score (nSPS) is 11.1. The molecule has 11 heavy (non-hydrogen) atoms. The molecule has 0 aliphatic carbocycles. The second kappa shape index (κ2) is 9.67. The van der Waals surface area contributed by atoms with Gasteiger partial charge in [0.15, 0.2) is 0 Å². The average Bonchev–Trinajstić information content (AvgIpc) is 2.03. The number of aliphatic imine (C=N–C) groups is 1. The SMILES string of the molecule is [CH2]CC=NCCCCCCC. The lowest BCUT2D eigenvalue weighted by Crippen LogP contribution is -1.82. The van der Waals surface area contributed by atoms with Gasteiger partial charge in [0.1, 0.15) is 0 Å². The predicted molar refractivity (Wildman–Crippen MR) is 52.1 cm³/mol. The van der Waals surface area contributed by atoms with Gasteiger partial charge < -0.3 is 0 Å². The Morgan fingerprint density at radius 2 is 1.91 bits per heavy atom. The predicted octanol–water partition coefficient (Wildman–Crippen LogP) is 3.25. The molecule has 0 bridgehead atoms. The molecule has 0 fully saturated rings. The zero-order valence-electron chi connectivity index (χ0n) is 7.68. The third-order valence-corrected chi connectivity index (χ3v) is 1.65. The maximum atomic E-state index is 4.20. The fraction of sp³-hybridized carbons (Fsp3) is 0.800. The van der Waals surface area contributed by atoms with Crippen LogP contribution in [0.1, 0.15) is 45.4 Å². The maximum absolute atomic E-state index is 4.20. The van der Waals surface area contributed by atoms with Gasteiger partial charge in [-0.2, -0.15) is 0 Å². The third kappa shape index (κ3) is 9.67. The molecule has 0 aliphatic heterocycles. The summed E-state index contributed by atoms with van der Waals surface area (Å²) in [6.07, 6.45) is 9.38. The van der Waals surface area contributed by atoms with E-state index >= 15 is 0 Å². The first kappa shape index (κ1) is 10.7. The van der Waals surface area contributed by atoms with Gasteiger partial charge in [0.05, 0.1) is 0 Å². The summed E-state index contributed by atoms with van der Waals surface area (Å²) in [5.41, 5.74) is 0. The highest BCUT2D eigenvalue weighted by molar-refractivity contribution is 5.57. The Morgan fingerprint density at radius 1 is 1.18 bits per heavy atom. The third-order valence-electron chi connectivity index (χ3n) is 1.65. The van der Waals surface area contributed by atoms with Crippen LogP contribution in [0.5, 0.6) is 0 Å². The van der Waals surface area contributed by atoms with E-state index in [0.29, 0.717) is 0 Å². The molecule has 0 aromatic rings. The van der Waals surface area contributed by atoms with Gasteiger partial charge in [-0.15, -0.1) is 0 Å². The molecule has 0 N–H and O–H groups in total. The van der Waals surface area contributed by atoms with Gasteiger partial charge in [0.2, 0.25) is 0 Å². The van der Waals surface area contributed by atoms with Crippen molar-refractivity contribution in [2.45, 2.75) is 45.4 Å². The van der Waals surface area contributed by atoms with E-state index in [1.807, 2.05) is 6.21 Å². The van der Waals surface area contributed by atoms with E-state index in [9.17, 15) is 0 Å². The van der Waals surface area contributed by atoms with Gasteiger partial charge in [-0.25, -0.2) is 0 Å². The lowest BCUT2D eigenvalue weighted by Gasteiger charge is -1.95. The van der Waals surface area contributed by atoms with Crippen molar-refractivity contribution in [1.82, 2.24) is 0 Å². The summed E-state index contributed by atoms with van der Waals surface area (Å²) in [7, 11) is 0. The van der Waals surface area contributed by atoms with Crippen molar-refractivity contribution in [3.63, 3.8) is 0 Å². The summed E-state index contributed by atoms with van der Waals surface area (Å²) >= 11 is 0. The molecule has 0 aromatic heterocycles. The summed E-state index contributed by atoms with van der Waals surface area (Å²) in [5.74, 6) is 0. The summed E-state index contributed by atoms with van der Waals surface area (Å²) in [6.45, 7) is 6.92. The summed E-state index contributed by atoms with van der Waals surface area (Å²) in [6, 6.07) is 0. The van der Waals surface area contributed by atoms with E-state index in [1.54, 1.807) is 0 Å². The molecule has 0 unspecified atom stereocenters. The molecule has 0 aliphatic rings. The molecular formula is C10H20N. The van der Waals surface area contributed by atoms with Crippen LogP contribution in [0, 0.1) is 6.92 Å². The van der Waals surface area contributed by atoms with E-state index in [1.165, 1.54) is 32.1 Å². The minimum atomic E-state index is 0.828. The number of unbranched alkanes of at least 4 members (excludes halogenated alkanes) is 4. The van der Waals surface area contributed by atoms with Gasteiger partial charge >= 0.3 is 0 Å². The molecule has 0 saturated heterocycles. The van der Waals surface area contributed by atoms with Crippen LogP contribution in [0.2, 0.25) is 0 Å². The van der Waals surface area contributed by atoms with Crippen molar-refractivity contribution < 1.29 is 0 Å². The van der Waals surface area contributed by atoms with E-state index in [2.05, 4.69) is 18.8 Å². The summed E-state index contributed by atoms with van der Waals surface area (Å²) in [5, 5.41) is 0. The van der Waals surface area contributed by atoms with E-state index < -0.39 is 0 Å². The summed E-state index contributed by atoms with van der Waals surface area (Å²) in [4.78, 5) is 4.20. The van der Waals surface area contributed by atoms with E-state index in [-0.39, 0.29) is 0 Å². The van der Waals surface area contributed by atoms with Crippen LogP contribution in [0.4, 0.5) is 0 Å². The fourth-order valence-corrected chi connectivity index (χ4v) is 0.989. The molecule has 0 heterocycles. The minimum Gasteiger partial charge on any atom is -0.298 e. The highest BCUT2D eigenvalue weighted by Crippen LogP contribution is 2.01. The van der Waals surface area contributed by atoms with Crippen LogP contribution in [-0.4, -0.2) is 12.8 Å². The smallest absolute Gasteiger partial charge is 0.0385 e. The molecule has 0 aromatic carbocycles. The number of nitrogens with zero attached hydrogens (tertiary/aromatic N) is 1. The van der Waals surface area contributed by atoms with Gasteiger partial charge in [0.25, 0.3) is 0 Å². The fourth-order valence-electron chi connectivity index (χ4n) is 0.989. The second-order valence-electron chi connectivity index (χ2n) is 2.79. The van der Waals surface area contributed by atoms with Crippen molar-refractivity contribution in [2.75, 3.05) is 6.54 Å². The monoisotopic (exact) mass is 154 g/mol. The number of hydrogen-bond donors (Lipinski definition) is 0. The molecule has 1 heteroatoms. The van der Waals surface area contributed by atoms with Crippen LogP contribution in [0.15, 0.2) is 4.99 Å². The first-order valence-electron chi connectivity index (χ1n) is 4.69. The van der Waals surface area contributed by atoms with Gasteiger partial charge in [-0.05, 0) is 26.0 Å². The highest BCUT2D eigenvalue weighted by atomic mass is 14.7. The molecule has 65 valence electrons. The van der Waals surface area contributed by atoms with Crippen molar-refractivity contribution in [3.8, 4) is 0 Å². The van der Waals surface area contributed by atoms with Crippen molar-refractivity contribution in [3.05, 3.63) is 6.92 Å². The Morgan fingerprint density at radius 3 is 2.55 bits per heavy atom. The molecule has 0 amide bonds. The standard InChI is InChI=1S/C10H20N/c1-3-5-6-7-8-10-11-9-4-2/h9H,2-8,10H2,1H3. The Hall–Kier alpha value is -0.330. The molecule has 1 radical (unpaired) electrons. The quantitative estimate of drug-likeness (QED) is 0.394.